The number of Topliss-reactive ketones (excluding diaryl/α,β-unsaturated/α-hetero) is 1. The average Bonchev–Trinajstić information content (AvgIpc) is 2.55. The van der Waals surface area contributed by atoms with Gasteiger partial charge in [-0.05, 0) is 78.2 Å². The van der Waals surface area contributed by atoms with E-state index in [2.05, 4.69) is 58.9 Å². The van der Waals surface area contributed by atoms with Crippen molar-refractivity contribution in [3.05, 3.63) is 0 Å². The van der Waals surface area contributed by atoms with Crippen LogP contribution in [0.3, 0.4) is 0 Å². The smallest absolute Gasteiger partial charge is 0.342 e. The fourth-order valence-electron chi connectivity index (χ4n) is 3.03. The lowest BCUT2D eigenvalue weighted by Gasteiger charge is -2.41. The summed E-state index contributed by atoms with van der Waals surface area (Å²) in [4.78, 5) is 10.5. The Hall–Kier alpha value is 0.298. The van der Waals surface area contributed by atoms with Gasteiger partial charge in [-0.3, -0.25) is 4.79 Å². The SMILES string of the molecule is C.CCC(=O)CCCO.C[Si](C)(C)O[Si](C)(C)O[Si](C)(COCCCCO)O[Si](C)(C)C. The van der Waals surface area contributed by atoms with Crippen molar-refractivity contribution < 1.29 is 32.1 Å². The molecule has 0 aliphatic heterocycles. The van der Waals surface area contributed by atoms with Crippen molar-refractivity contribution in [1.82, 2.24) is 0 Å². The minimum atomic E-state index is -2.44. The maximum absolute atomic E-state index is 10.5. The van der Waals surface area contributed by atoms with E-state index in [-0.39, 0.29) is 26.4 Å². The van der Waals surface area contributed by atoms with Gasteiger partial charge in [-0.25, -0.2) is 0 Å². The van der Waals surface area contributed by atoms with Gasteiger partial charge < -0.3 is 27.3 Å². The highest BCUT2D eigenvalue weighted by Crippen LogP contribution is 2.24. The van der Waals surface area contributed by atoms with E-state index in [1.807, 2.05) is 6.92 Å². The number of hydrogen-bond acceptors (Lipinski definition) is 7. The molecule has 0 aliphatic carbocycles. The summed E-state index contributed by atoms with van der Waals surface area (Å²) < 4.78 is 25.1. The number of carbonyl (C=O) groups is 1. The lowest BCUT2D eigenvalue weighted by molar-refractivity contribution is -0.119. The van der Waals surface area contributed by atoms with Crippen LogP contribution in [0.15, 0.2) is 0 Å². The second-order valence-corrected chi connectivity index (χ2v) is 26.5. The fraction of sp³-hybridized carbons (Fsp3) is 0.952. The van der Waals surface area contributed by atoms with E-state index < -0.39 is 33.8 Å². The molecule has 2 N–H and O–H groups in total. The van der Waals surface area contributed by atoms with E-state index in [9.17, 15) is 4.79 Å². The van der Waals surface area contributed by atoms with E-state index >= 15 is 0 Å². The number of ketones is 1. The van der Waals surface area contributed by atoms with Gasteiger partial charge in [-0.15, -0.1) is 0 Å². The van der Waals surface area contributed by atoms with Crippen molar-refractivity contribution >= 4 is 39.5 Å². The summed E-state index contributed by atoms with van der Waals surface area (Å²) in [7, 11) is -8.08. The lowest BCUT2D eigenvalue weighted by atomic mass is 10.2. The van der Waals surface area contributed by atoms with Crippen molar-refractivity contribution in [2.24, 2.45) is 0 Å². The number of rotatable bonds is 16. The molecule has 0 saturated heterocycles. The standard InChI is InChI=1S/C14H38O5Si4.C6H12O2.CH4/c1-20(2,3)17-22(7,8)19-23(9,18-21(4,5)6)14-16-13-11-10-12-15;1-2-6(8)4-3-5-7;/h15H,10-14H2,1-9H3;7H,2-5H2,1H3;1H4. The highest BCUT2D eigenvalue weighted by Gasteiger charge is 2.44. The number of aliphatic hydroxyl groups is 2. The zero-order valence-electron chi connectivity index (χ0n) is 21.8. The first-order valence-electron chi connectivity index (χ1n) is 11.4. The molecule has 0 aromatic rings. The van der Waals surface area contributed by atoms with Gasteiger partial charge >= 0.3 is 17.1 Å². The molecule has 11 heteroatoms. The normalized spacial score (nSPS) is 14.1. The minimum Gasteiger partial charge on any atom is -0.437 e. The average molecular weight is 531 g/mol. The van der Waals surface area contributed by atoms with Gasteiger partial charge in [0.25, 0.3) is 0 Å². The molecular weight excluding hydrogens is 477 g/mol. The molecule has 0 spiro atoms. The topological polar surface area (TPSA) is 94.5 Å². The maximum atomic E-state index is 10.5. The Morgan fingerprint density at radius 2 is 1.25 bits per heavy atom. The monoisotopic (exact) mass is 530 g/mol. The number of aliphatic hydroxyl groups excluding tert-OH is 2. The van der Waals surface area contributed by atoms with Gasteiger partial charge in [0.15, 0.2) is 16.6 Å². The summed E-state index contributed by atoms with van der Waals surface area (Å²) in [6, 6.07) is 0. The Bertz CT molecular complexity index is 480. The summed E-state index contributed by atoms with van der Waals surface area (Å²) in [6.45, 7) is 22.2. The third-order valence-electron chi connectivity index (χ3n) is 3.60. The molecule has 32 heavy (non-hydrogen) atoms. The summed E-state index contributed by atoms with van der Waals surface area (Å²) in [6.07, 6.45) is 3.90. The van der Waals surface area contributed by atoms with Crippen molar-refractivity contribution in [3.8, 4) is 0 Å². The van der Waals surface area contributed by atoms with Crippen molar-refractivity contribution in [1.29, 1.82) is 0 Å². The van der Waals surface area contributed by atoms with Crippen LogP contribution in [0.25, 0.3) is 0 Å². The third-order valence-corrected chi connectivity index (χ3v) is 16.6. The highest BCUT2D eigenvalue weighted by atomic mass is 28.5. The first-order chi connectivity index (χ1) is 14.0. The molecule has 0 heterocycles. The Labute approximate surface area is 203 Å². The van der Waals surface area contributed by atoms with Gasteiger partial charge in [0.1, 0.15) is 5.78 Å². The Morgan fingerprint density at radius 1 is 0.750 bits per heavy atom. The molecule has 0 aromatic carbocycles. The zero-order valence-corrected chi connectivity index (χ0v) is 25.8. The van der Waals surface area contributed by atoms with Crippen LogP contribution in [0, 0.1) is 0 Å². The Morgan fingerprint density at radius 3 is 1.66 bits per heavy atom. The fourth-order valence-corrected chi connectivity index (χ4v) is 20.3. The molecule has 0 fully saturated rings. The van der Waals surface area contributed by atoms with Gasteiger partial charge in [0, 0.05) is 32.7 Å². The van der Waals surface area contributed by atoms with E-state index in [1.54, 1.807) is 0 Å². The predicted octanol–water partition coefficient (Wildman–Crippen LogP) is 5.18. The first kappa shape index (κ1) is 36.9. The molecule has 0 aliphatic rings. The Kier molecular flexibility index (Phi) is 20.4. The summed E-state index contributed by atoms with van der Waals surface area (Å²) in [5.74, 6) is 0.235. The molecule has 1 atom stereocenters. The molecule has 0 rings (SSSR count). The molecule has 0 bridgehead atoms. The van der Waals surface area contributed by atoms with Gasteiger partial charge in [-0.1, -0.05) is 14.4 Å². The van der Waals surface area contributed by atoms with Crippen LogP contribution in [0.5, 0.6) is 0 Å². The summed E-state index contributed by atoms with van der Waals surface area (Å²) in [5, 5.41) is 17.1. The van der Waals surface area contributed by atoms with E-state index in [4.69, 9.17) is 27.3 Å². The van der Waals surface area contributed by atoms with Crippen molar-refractivity contribution in [2.45, 2.75) is 105 Å². The maximum Gasteiger partial charge on any atom is 0.342 e. The van der Waals surface area contributed by atoms with E-state index in [0.717, 1.165) is 12.8 Å². The third kappa shape index (κ3) is 24.9. The van der Waals surface area contributed by atoms with Crippen molar-refractivity contribution in [3.63, 3.8) is 0 Å². The minimum absolute atomic E-state index is 0. The first-order valence-corrected chi connectivity index (χ1v) is 23.6. The zero-order chi connectivity index (χ0) is 24.8. The Balaban J connectivity index is -0.000000793. The largest absolute Gasteiger partial charge is 0.437 e. The summed E-state index contributed by atoms with van der Waals surface area (Å²) >= 11 is 0. The molecule has 7 nitrogen and oxygen atoms in total. The molecule has 0 radical (unpaired) electrons. The number of carbonyl (C=O) groups excluding carboxylic acids is 1. The van der Waals surface area contributed by atoms with Crippen LogP contribution in [0.2, 0.25) is 58.9 Å². The lowest BCUT2D eigenvalue weighted by Crippen LogP contribution is -2.59. The van der Waals surface area contributed by atoms with Crippen LogP contribution < -0.4 is 0 Å². The number of hydrogen-bond donors (Lipinski definition) is 2. The van der Waals surface area contributed by atoms with E-state index in [1.165, 1.54) is 0 Å². The molecule has 1 unspecified atom stereocenters. The second-order valence-electron chi connectivity index (χ2n) is 10.3. The summed E-state index contributed by atoms with van der Waals surface area (Å²) in [5.41, 5.74) is 0. The van der Waals surface area contributed by atoms with Crippen LogP contribution in [-0.2, 0) is 21.9 Å². The predicted molar refractivity (Wildman–Crippen MR) is 145 cm³/mol. The second kappa shape index (κ2) is 17.7. The number of ether oxygens (including phenoxy) is 1. The van der Waals surface area contributed by atoms with Gasteiger partial charge in [0.05, 0.1) is 6.23 Å². The quantitative estimate of drug-likeness (QED) is 0.210. The molecular formula is C21H54O7Si4. The van der Waals surface area contributed by atoms with E-state index in [0.29, 0.717) is 32.1 Å². The van der Waals surface area contributed by atoms with Crippen LogP contribution in [0.1, 0.15) is 46.5 Å². The molecule has 0 amide bonds. The molecule has 0 saturated carbocycles. The van der Waals surface area contributed by atoms with Gasteiger partial charge in [-0.2, -0.15) is 0 Å². The molecule has 0 aromatic heterocycles. The van der Waals surface area contributed by atoms with Crippen molar-refractivity contribution in [2.75, 3.05) is 26.1 Å². The number of unbranched alkanes of at least 4 members (excludes halogenated alkanes) is 1. The highest BCUT2D eigenvalue weighted by molar-refractivity contribution is 6.89. The van der Waals surface area contributed by atoms with Crippen LogP contribution >= 0.6 is 0 Å². The van der Waals surface area contributed by atoms with Crippen LogP contribution in [0.4, 0.5) is 0 Å². The van der Waals surface area contributed by atoms with Crippen LogP contribution in [-0.4, -0.2) is 75.8 Å². The molecule has 196 valence electrons. The van der Waals surface area contributed by atoms with Gasteiger partial charge in [0.2, 0.25) is 0 Å².